The number of anilines is 1. The van der Waals surface area contributed by atoms with Gasteiger partial charge in [-0.15, -0.1) is 11.3 Å². The summed E-state index contributed by atoms with van der Waals surface area (Å²) in [7, 11) is 0. The molecule has 3 amide bonds. The zero-order chi connectivity index (χ0) is 22.9. The summed E-state index contributed by atoms with van der Waals surface area (Å²) in [5.41, 5.74) is 0.519. The van der Waals surface area contributed by atoms with Gasteiger partial charge in [0.1, 0.15) is 5.82 Å². The highest BCUT2D eigenvalue weighted by Gasteiger charge is 2.29. The van der Waals surface area contributed by atoms with E-state index >= 15 is 0 Å². The molecule has 1 aliphatic heterocycles. The highest BCUT2D eigenvalue weighted by Crippen LogP contribution is 2.30. The summed E-state index contributed by atoms with van der Waals surface area (Å²) < 4.78 is 13.2. The molecular weight excluding hydrogens is 441 g/mol. The zero-order valence-electron chi connectivity index (χ0n) is 17.9. The van der Waals surface area contributed by atoms with Gasteiger partial charge in [0.2, 0.25) is 5.91 Å². The minimum Gasteiger partial charge on any atom is -0.335 e. The van der Waals surface area contributed by atoms with E-state index in [2.05, 4.69) is 5.32 Å². The number of piperazine rings is 1. The molecule has 31 heavy (non-hydrogen) atoms. The Morgan fingerprint density at radius 1 is 1.03 bits per heavy atom. The van der Waals surface area contributed by atoms with Crippen LogP contribution in [-0.2, 0) is 4.79 Å². The Morgan fingerprint density at radius 3 is 2.16 bits per heavy atom. The minimum atomic E-state index is -0.529. The second-order valence-corrected chi connectivity index (χ2v) is 9.99. The van der Waals surface area contributed by atoms with Crippen LogP contribution in [0.4, 0.5) is 9.39 Å². The molecule has 9 heteroatoms. The second-order valence-electron chi connectivity index (χ2n) is 8.54. The monoisotopic (exact) mass is 465 g/mol. The van der Waals surface area contributed by atoms with Crippen molar-refractivity contribution in [3.63, 3.8) is 0 Å². The highest BCUT2D eigenvalue weighted by molar-refractivity contribution is 7.18. The molecule has 3 rings (SSSR count). The molecule has 0 aliphatic carbocycles. The van der Waals surface area contributed by atoms with Crippen molar-refractivity contribution >= 4 is 45.7 Å². The number of halogens is 2. The number of nitrogens with one attached hydrogen (secondary N) is 1. The molecule has 0 saturated carbocycles. The summed E-state index contributed by atoms with van der Waals surface area (Å²) in [6.07, 6.45) is 0. The molecule has 0 atom stereocenters. The molecule has 1 saturated heterocycles. The van der Waals surface area contributed by atoms with Crippen LogP contribution < -0.4 is 5.32 Å². The summed E-state index contributed by atoms with van der Waals surface area (Å²) in [6, 6.07) is 5.50. The SMILES string of the molecule is Cc1cc(NC(=O)C(C)(C)C)sc1C(=O)N1CCN(C(=O)c2ccc(F)cc2Cl)CC1. The van der Waals surface area contributed by atoms with Crippen LogP contribution in [0.2, 0.25) is 5.02 Å². The first kappa shape index (κ1) is 23.2. The molecule has 1 aromatic carbocycles. The summed E-state index contributed by atoms with van der Waals surface area (Å²) in [4.78, 5) is 41.8. The molecule has 0 radical (unpaired) electrons. The molecule has 6 nitrogen and oxygen atoms in total. The van der Waals surface area contributed by atoms with Gasteiger partial charge in [0.05, 0.1) is 20.5 Å². The number of carbonyl (C=O) groups is 3. The van der Waals surface area contributed by atoms with Gasteiger partial charge in [0.15, 0.2) is 0 Å². The number of benzene rings is 1. The van der Waals surface area contributed by atoms with Gasteiger partial charge < -0.3 is 15.1 Å². The van der Waals surface area contributed by atoms with Crippen molar-refractivity contribution in [2.24, 2.45) is 5.41 Å². The van der Waals surface area contributed by atoms with Crippen molar-refractivity contribution in [2.45, 2.75) is 27.7 Å². The molecule has 1 fully saturated rings. The van der Waals surface area contributed by atoms with E-state index < -0.39 is 11.2 Å². The van der Waals surface area contributed by atoms with Gasteiger partial charge in [-0.1, -0.05) is 32.4 Å². The summed E-state index contributed by atoms with van der Waals surface area (Å²) in [5.74, 6) is -1.01. The van der Waals surface area contributed by atoms with Gasteiger partial charge in [-0.25, -0.2) is 4.39 Å². The second kappa shape index (κ2) is 8.96. The Morgan fingerprint density at radius 2 is 1.61 bits per heavy atom. The fraction of sp³-hybridized carbons (Fsp3) is 0.409. The van der Waals surface area contributed by atoms with Crippen LogP contribution in [0.25, 0.3) is 0 Å². The molecule has 1 N–H and O–H groups in total. The third-order valence-corrected chi connectivity index (χ3v) is 6.50. The van der Waals surface area contributed by atoms with Crippen LogP contribution in [0.15, 0.2) is 24.3 Å². The van der Waals surface area contributed by atoms with Gasteiger partial charge in [-0.2, -0.15) is 0 Å². The molecule has 166 valence electrons. The van der Waals surface area contributed by atoms with E-state index in [4.69, 9.17) is 11.6 Å². The fourth-order valence-electron chi connectivity index (χ4n) is 3.14. The topological polar surface area (TPSA) is 69.7 Å². The average molecular weight is 466 g/mol. The number of thiophene rings is 1. The van der Waals surface area contributed by atoms with Gasteiger partial charge in [-0.3, -0.25) is 14.4 Å². The van der Waals surface area contributed by atoms with Crippen molar-refractivity contribution < 1.29 is 18.8 Å². The molecule has 1 aliphatic rings. The van der Waals surface area contributed by atoms with Crippen LogP contribution >= 0.6 is 22.9 Å². The molecule has 0 bridgehead atoms. The van der Waals surface area contributed by atoms with Crippen LogP contribution in [0.3, 0.4) is 0 Å². The van der Waals surface area contributed by atoms with Crippen molar-refractivity contribution in [1.82, 2.24) is 9.80 Å². The average Bonchev–Trinajstić information content (AvgIpc) is 3.06. The summed E-state index contributed by atoms with van der Waals surface area (Å²) in [5, 5.41) is 3.58. The van der Waals surface area contributed by atoms with Crippen LogP contribution in [-0.4, -0.2) is 53.7 Å². The molecular formula is C22H25ClFN3O3S. The highest BCUT2D eigenvalue weighted by atomic mass is 35.5. The van der Waals surface area contributed by atoms with Gasteiger partial charge in [0, 0.05) is 31.6 Å². The minimum absolute atomic E-state index is 0.0718. The van der Waals surface area contributed by atoms with Crippen LogP contribution in [0.5, 0.6) is 0 Å². The standard InChI is InChI=1S/C22H25ClFN3O3S/c1-13-11-17(25-21(30)22(2,3)4)31-18(13)20(29)27-9-7-26(8-10-27)19(28)15-6-5-14(24)12-16(15)23/h5-6,11-12H,7-10H2,1-4H3,(H,25,30). The molecule has 0 unspecified atom stereocenters. The number of hydrogen-bond donors (Lipinski definition) is 1. The maximum atomic E-state index is 13.2. The Kier molecular flexibility index (Phi) is 6.71. The van der Waals surface area contributed by atoms with Gasteiger partial charge in [-0.05, 0) is 36.8 Å². The number of nitrogens with zero attached hydrogens (tertiary/aromatic N) is 2. The maximum absolute atomic E-state index is 13.2. The first-order valence-corrected chi connectivity index (χ1v) is 11.1. The van der Waals surface area contributed by atoms with Crippen molar-refractivity contribution in [2.75, 3.05) is 31.5 Å². The van der Waals surface area contributed by atoms with E-state index in [1.54, 1.807) is 15.9 Å². The van der Waals surface area contributed by atoms with Crippen LogP contribution in [0, 0.1) is 18.2 Å². The number of carbonyl (C=O) groups excluding carboxylic acids is 3. The van der Waals surface area contributed by atoms with Crippen LogP contribution in [0.1, 0.15) is 46.4 Å². The number of aryl methyl sites for hydroxylation is 1. The lowest BCUT2D eigenvalue weighted by Crippen LogP contribution is -2.50. The largest absolute Gasteiger partial charge is 0.335 e. The number of amides is 3. The molecule has 0 spiro atoms. The lowest BCUT2D eigenvalue weighted by Gasteiger charge is -2.34. The Balaban J connectivity index is 1.64. The van der Waals surface area contributed by atoms with E-state index in [1.807, 2.05) is 27.7 Å². The Bertz CT molecular complexity index is 1020. The third kappa shape index (κ3) is 5.25. The Labute approximate surface area is 190 Å². The lowest BCUT2D eigenvalue weighted by atomic mass is 9.96. The summed E-state index contributed by atoms with van der Waals surface area (Å²) >= 11 is 7.26. The first-order chi connectivity index (χ1) is 14.5. The van der Waals surface area contributed by atoms with Crippen molar-refractivity contribution in [3.8, 4) is 0 Å². The number of rotatable bonds is 3. The smallest absolute Gasteiger partial charge is 0.264 e. The third-order valence-electron chi connectivity index (χ3n) is 5.05. The zero-order valence-corrected chi connectivity index (χ0v) is 19.5. The van der Waals surface area contributed by atoms with E-state index in [9.17, 15) is 18.8 Å². The van der Waals surface area contributed by atoms with E-state index in [0.717, 1.165) is 11.6 Å². The maximum Gasteiger partial charge on any atom is 0.264 e. The normalized spacial score (nSPS) is 14.5. The van der Waals surface area contributed by atoms with Crippen molar-refractivity contribution in [3.05, 3.63) is 51.1 Å². The van der Waals surface area contributed by atoms with Gasteiger partial charge >= 0.3 is 0 Å². The summed E-state index contributed by atoms with van der Waals surface area (Å²) in [6.45, 7) is 8.80. The fourth-order valence-corrected chi connectivity index (χ4v) is 4.43. The number of hydrogen-bond acceptors (Lipinski definition) is 4. The quantitative estimate of drug-likeness (QED) is 0.728. The molecule has 2 aromatic rings. The lowest BCUT2D eigenvalue weighted by molar-refractivity contribution is -0.123. The van der Waals surface area contributed by atoms with Crippen molar-refractivity contribution in [1.29, 1.82) is 0 Å². The predicted octanol–water partition coefficient (Wildman–Crippen LogP) is 4.43. The van der Waals surface area contributed by atoms with E-state index in [-0.39, 0.29) is 28.3 Å². The Hall–Kier alpha value is -2.45. The van der Waals surface area contributed by atoms with Gasteiger partial charge in [0.25, 0.3) is 11.8 Å². The van der Waals surface area contributed by atoms with E-state index in [0.29, 0.717) is 36.1 Å². The first-order valence-electron chi connectivity index (χ1n) is 9.93. The molecule has 2 heterocycles. The van der Waals surface area contributed by atoms with E-state index in [1.165, 1.54) is 23.5 Å². The predicted molar refractivity (Wildman–Crippen MR) is 120 cm³/mol. The molecule has 1 aromatic heterocycles.